The van der Waals surface area contributed by atoms with Gasteiger partial charge < -0.3 is 14.8 Å². The fourth-order valence-corrected chi connectivity index (χ4v) is 2.42. The van der Waals surface area contributed by atoms with E-state index >= 15 is 0 Å². The summed E-state index contributed by atoms with van der Waals surface area (Å²) >= 11 is 3.55. The zero-order valence-corrected chi connectivity index (χ0v) is 15.4. The molecule has 1 aromatic rings. The number of ether oxygens (including phenoxy) is 2. The van der Waals surface area contributed by atoms with Gasteiger partial charge >= 0.3 is 0 Å². The van der Waals surface area contributed by atoms with E-state index in [2.05, 4.69) is 55.0 Å². The highest BCUT2D eigenvalue weighted by Crippen LogP contribution is 2.37. The molecule has 0 amide bonds. The second-order valence-electron chi connectivity index (χ2n) is 6.06. The Labute approximate surface area is 136 Å². The Hall–Kier alpha value is -1.00. The first-order chi connectivity index (χ1) is 9.76. The van der Waals surface area contributed by atoms with Gasteiger partial charge in [-0.1, -0.05) is 11.6 Å². The van der Waals surface area contributed by atoms with Crippen LogP contribution in [0.3, 0.4) is 0 Å². The van der Waals surface area contributed by atoms with E-state index in [4.69, 9.17) is 9.47 Å². The zero-order chi connectivity index (χ0) is 16.0. The summed E-state index contributed by atoms with van der Waals surface area (Å²) in [5, 5.41) is 3.48. The first-order valence-electron chi connectivity index (χ1n) is 7.19. The number of benzene rings is 1. The summed E-state index contributed by atoms with van der Waals surface area (Å²) in [5.74, 6) is 1.50. The van der Waals surface area contributed by atoms with Crippen molar-refractivity contribution in [3.05, 3.63) is 27.7 Å². The van der Waals surface area contributed by atoms with Gasteiger partial charge in [-0.2, -0.15) is 0 Å². The van der Waals surface area contributed by atoms with Gasteiger partial charge in [0.2, 0.25) is 0 Å². The van der Waals surface area contributed by atoms with Gasteiger partial charge in [0.25, 0.3) is 0 Å². The van der Waals surface area contributed by atoms with Crippen LogP contribution in [0.4, 0.5) is 0 Å². The molecular weight excluding hydrogens is 330 g/mol. The molecule has 0 fully saturated rings. The van der Waals surface area contributed by atoms with Crippen molar-refractivity contribution in [3.63, 3.8) is 0 Å². The van der Waals surface area contributed by atoms with E-state index in [0.717, 1.165) is 28.1 Å². The van der Waals surface area contributed by atoms with Crippen LogP contribution in [0.2, 0.25) is 0 Å². The predicted octanol–water partition coefficient (Wildman–Crippen LogP) is 4.65. The Morgan fingerprint density at radius 3 is 2.52 bits per heavy atom. The second kappa shape index (κ2) is 7.85. The molecule has 0 unspecified atom stereocenters. The lowest BCUT2D eigenvalue weighted by Crippen LogP contribution is -2.36. The molecule has 0 radical (unpaired) electrons. The SMILES string of the molecule is CCOc1c(Br)cc(C=C(C)CNC(C)(C)C)cc1OC. The summed E-state index contributed by atoms with van der Waals surface area (Å²) in [6.45, 7) is 12.0. The average Bonchev–Trinajstić information content (AvgIpc) is 2.38. The Bertz CT molecular complexity index is 504. The van der Waals surface area contributed by atoms with E-state index in [1.165, 1.54) is 5.57 Å². The van der Waals surface area contributed by atoms with Crippen LogP contribution in [-0.2, 0) is 0 Å². The number of methoxy groups -OCH3 is 1. The van der Waals surface area contributed by atoms with E-state index in [0.29, 0.717) is 6.61 Å². The van der Waals surface area contributed by atoms with Crippen molar-refractivity contribution in [2.75, 3.05) is 20.3 Å². The summed E-state index contributed by atoms with van der Waals surface area (Å²) in [6, 6.07) is 4.05. The molecule has 21 heavy (non-hydrogen) atoms. The fraction of sp³-hybridized carbons (Fsp3) is 0.529. The molecule has 0 aliphatic carbocycles. The molecule has 0 aromatic heterocycles. The Kier molecular flexibility index (Phi) is 6.75. The topological polar surface area (TPSA) is 30.5 Å². The van der Waals surface area contributed by atoms with Gasteiger partial charge in [0, 0.05) is 12.1 Å². The maximum absolute atomic E-state index is 5.61. The Balaban J connectivity index is 2.96. The molecule has 0 heterocycles. The maximum atomic E-state index is 5.61. The van der Waals surface area contributed by atoms with Crippen molar-refractivity contribution >= 4 is 22.0 Å². The highest BCUT2D eigenvalue weighted by atomic mass is 79.9. The summed E-state index contributed by atoms with van der Waals surface area (Å²) in [6.07, 6.45) is 2.15. The van der Waals surface area contributed by atoms with Gasteiger partial charge in [-0.25, -0.2) is 0 Å². The lowest BCUT2D eigenvalue weighted by Gasteiger charge is -2.20. The van der Waals surface area contributed by atoms with Crippen LogP contribution in [0, 0.1) is 0 Å². The van der Waals surface area contributed by atoms with Gasteiger partial charge in [-0.15, -0.1) is 0 Å². The fourth-order valence-electron chi connectivity index (χ4n) is 1.85. The third kappa shape index (κ3) is 6.10. The molecule has 1 rings (SSSR count). The van der Waals surface area contributed by atoms with Gasteiger partial charge in [-0.3, -0.25) is 0 Å². The molecule has 1 N–H and O–H groups in total. The summed E-state index contributed by atoms with van der Waals surface area (Å²) in [7, 11) is 1.66. The van der Waals surface area contributed by atoms with E-state index in [-0.39, 0.29) is 5.54 Å². The predicted molar refractivity (Wildman–Crippen MR) is 93.3 cm³/mol. The molecular formula is C17H26BrNO2. The van der Waals surface area contributed by atoms with Crippen LogP contribution in [0.25, 0.3) is 6.08 Å². The van der Waals surface area contributed by atoms with E-state index in [1.54, 1.807) is 7.11 Å². The van der Waals surface area contributed by atoms with Gasteiger partial charge in [0.15, 0.2) is 11.5 Å². The quantitative estimate of drug-likeness (QED) is 0.805. The van der Waals surface area contributed by atoms with Crippen LogP contribution in [0.15, 0.2) is 22.2 Å². The standard InChI is InChI=1S/C17H26BrNO2/c1-7-21-16-14(18)9-13(10-15(16)20-6)8-12(2)11-19-17(3,4)5/h8-10,19H,7,11H2,1-6H3. The molecule has 4 heteroatoms. The molecule has 3 nitrogen and oxygen atoms in total. The molecule has 0 saturated carbocycles. The van der Waals surface area contributed by atoms with Crippen molar-refractivity contribution in [3.8, 4) is 11.5 Å². The largest absolute Gasteiger partial charge is 0.493 e. The first-order valence-corrected chi connectivity index (χ1v) is 7.98. The summed E-state index contributed by atoms with van der Waals surface area (Å²) in [4.78, 5) is 0. The summed E-state index contributed by atoms with van der Waals surface area (Å²) in [5.41, 5.74) is 2.48. The average molecular weight is 356 g/mol. The second-order valence-corrected chi connectivity index (χ2v) is 6.92. The molecule has 1 aromatic carbocycles. The lowest BCUT2D eigenvalue weighted by atomic mass is 10.1. The maximum Gasteiger partial charge on any atom is 0.175 e. The molecule has 0 saturated heterocycles. The first kappa shape index (κ1) is 18.1. The molecule has 0 aliphatic heterocycles. The molecule has 118 valence electrons. The van der Waals surface area contributed by atoms with Gasteiger partial charge in [-0.05, 0) is 68.2 Å². The van der Waals surface area contributed by atoms with Crippen molar-refractivity contribution < 1.29 is 9.47 Å². The van der Waals surface area contributed by atoms with Crippen molar-refractivity contribution in [1.29, 1.82) is 0 Å². The third-order valence-electron chi connectivity index (χ3n) is 2.85. The number of hydrogen-bond donors (Lipinski definition) is 1. The molecule has 0 aliphatic rings. The van der Waals surface area contributed by atoms with Gasteiger partial charge in [0.1, 0.15) is 0 Å². The minimum atomic E-state index is 0.117. The zero-order valence-electron chi connectivity index (χ0n) is 13.8. The van der Waals surface area contributed by atoms with Crippen LogP contribution in [-0.4, -0.2) is 25.8 Å². The van der Waals surface area contributed by atoms with Crippen LogP contribution in [0.5, 0.6) is 11.5 Å². The minimum absolute atomic E-state index is 0.117. The van der Waals surface area contributed by atoms with Gasteiger partial charge in [0.05, 0.1) is 18.2 Å². The highest BCUT2D eigenvalue weighted by molar-refractivity contribution is 9.10. The van der Waals surface area contributed by atoms with E-state index in [9.17, 15) is 0 Å². The van der Waals surface area contributed by atoms with E-state index in [1.807, 2.05) is 19.1 Å². The number of rotatable bonds is 6. The Morgan fingerprint density at radius 1 is 1.33 bits per heavy atom. The molecule has 0 spiro atoms. The van der Waals surface area contributed by atoms with Crippen LogP contribution < -0.4 is 14.8 Å². The Morgan fingerprint density at radius 2 is 2.00 bits per heavy atom. The van der Waals surface area contributed by atoms with Crippen LogP contribution >= 0.6 is 15.9 Å². The minimum Gasteiger partial charge on any atom is -0.493 e. The number of halogens is 1. The lowest BCUT2D eigenvalue weighted by molar-refractivity contribution is 0.309. The monoisotopic (exact) mass is 355 g/mol. The summed E-state index contributed by atoms with van der Waals surface area (Å²) < 4.78 is 11.9. The van der Waals surface area contributed by atoms with Crippen molar-refractivity contribution in [1.82, 2.24) is 5.32 Å². The van der Waals surface area contributed by atoms with E-state index < -0.39 is 0 Å². The molecule has 0 bridgehead atoms. The normalized spacial score (nSPS) is 12.4. The smallest absolute Gasteiger partial charge is 0.175 e. The van der Waals surface area contributed by atoms with Crippen LogP contribution in [0.1, 0.15) is 40.2 Å². The molecule has 0 atom stereocenters. The number of nitrogens with one attached hydrogen (secondary N) is 1. The third-order valence-corrected chi connectivity index (χ3v) is 3.44. The highest BCUT2D eigenvalue weighted by Gasteiger charge is 2.11. The van der Waals surface area contributed by atoms with Crippen molar-refractivity contribution in [2.45, 2.75) is 40.2 Å². The number of hydrogen-bond acceptors (Lipinski definition) is 3. The van der Waals surface area contributed by atoms with Crippen molar-refractivity contribution in [2.24, 2.45) is 0 Å².